The Hall–Kier alpha value is -1.55. The number of hydrogen-bond donors (Lipinski definition) is 0. The maximum Gasteiger partial charge on any atom is 0.289 e. The van der Waals surface area contributed by atoms with Crippen LogP contribution in [0.5, 0.6) is 0 Å². The Bertz CT molecular complexity index is 448. The van der Waals surface area contributed by atoms with Gasteiger partial charge in [0.25, 0.3) is 5.91 Å². The monoisotopic (exact) mass is 249 g/mol. The van der Waals surface area contributed by atoms with Crippen molar-refractivity contribution in [3.63, 3.8) is 0 Å². The van der Waals surface area contributed by atoms with Crippen molar-refractivity contribution in [3.8, 4) is 0 Å². The van der Waals surface area contributed by atoms with Gasteiger partial charge in [-0.15, -0.1) is 0 Å². The van der Waals surface area contributed by atoms with Crippen LogP contribution in [0.15, 0.2) is 39.6 Å². The van der Waals surface area contributed by atoms with Gasteiger partial charge in [0.15, 0.2) is 5.76 Å². The molecule has 0 bridgehead atoms. The third kappa shape index (κ3) is 2.97. The molecule has 0 aliphatic heterocycles. The molecule has 17 heavy (non-hydrogen) atoms. The van der Waals surface area contributed by atoms with Crippen molar-refractivity contribution < 1.29 is 9.21 Å². The van der Waals surface area contributed by atoms with Gasteiger partial charge >= 0.3 is 0 Å². The van der Waals surface area contributed by atoms with Crippen LogP contribution in [-0.2, 0) is 6.54 Å². The van der Waals surface area contributed by atoms with Crippen LogP contribution in [0.25, 0.3) is 0 Å². The summed E-state index contributed by atoms with van der Waals surface area (Å²) in [6.45, 7) is 3.46. The Kier molecular flexibility index (Phi) is 3.98. The molecule has 2 heterocycles. The number of rotatable bonds is 5. The van der Waals surface area contributed by atoms with E-state index in [0.717, 1.165) is 13.0 Å². The number of nitrogens with zero attached hydrogens (tertiary/aromatic N) is 1. The Balaban J connectivity index is 2.09. The van der Waals surface area contributed by atoms with Gasteiger partial charge < -0.3 is 9.32 Å². The average Bonchev–Trinajstić information content (AvgIpc) is 3.00. The molecule has 0 aromatic carbocycles. The highest BCUT2D eigenvalue weighted by Gasteiger charge is 2.17. The fourth-order valence-corrected chi connectivity index (χ4v) is 2.34. The number of hydrogen-bond acceptors (Lipinski definition) is 3. The predicted octanol–water partition coefficient (Wildman–Crippen LogP) is 3.39. The van der Waals surface area contributed by atoms with Crippen LogP contribution >= 0.6 is 11.3 Å². The Morgan fingerprint density at radius 1 is 1.47 bits per heavy atom. The third-order valence-electron chi connectivity index (χ3n) is 2.47. The number of carbonyl (C=O) groups is 1. The van der Waals surface area contributed by atoms with E-state index < -0.39 is 0 Å². The molecule has 0 N–H and O–H groups in total. The summed E-state index contributed by atoms with van der Waals surface area (Å²) in [5.41, 5.74) is 1.17. The normalized spacial score (nSPS) is 10.4. The van der Waals surface area contributed by atoms with E-state index in [9.17, 15) is 4.79 Å². The van der Waals surface area contributed by atoms with Gasteiger partial charge in [-0.2, -0.15) is 11.3 Å². The molecule has 3 nitrogen and oxygen atoms in total. The molecule has 0 aliphatic rings. The molecule has 0 saturated heterocycles. The van der Waals surface area contributed by atoms with Gasteiger partial charge in [-0.05, 0) is 40.9 Å². The van der Waals surface area contributed by atoms with Crippen molar-refractivity contribution >= 4 is 17.2 Å². The Morgan fingerprint density at radius 2 is 2.35 bits per heavy atom. The lowest BCUT2D eigenvalue weighted by Gasteiger charge is -2.20. The molecule has 4 heteroatoms. The summed E-state index contributed by atoms with van der Waals surface area (Å²) in [6, 6.07) is 5.49. The molecule has 90 valence electrons. The minimum Gasteiger partial charge on any atom is -0.459 e. The highest BCUT2D eigenvalue weighted by atomic mass is 32.1. The molecule has 0 unspecified atom stereocenters. The summed E-state index contributed by atoms with van der Waals surface area (Å²) in [7, 11) is 0. The molecule has 2 rings (SSSR count). The van der Waals surface area contributed by atoms with E-state index in [0.29, 0.717) is 12.3 Å². The van der Waals surface area contributed by atoms with E-state index in [1.165, 1.54) is 11.8 Å². The number of furan rings is 1. The van der Waals surface area contributed by atoms with Crippen molar-refractivity contribution in [2.45, 2.75) is 19.9 Å². The second-order valence-corrected chi connectivity index (χ2v) is 4.62. The summed E-state index contributed by atoms with van der Waals surface area (Å²) < 4.78 is 5.15. The molecular weight excluding hydrogens is 234 g/mol. The maximum absolute atomic E-state index is 12.2. The van der Waals surface area contributed by atoms with Crippen molar-refractivity contribution in [1.82, 2.24) is 4.90 Å². The second-order valence-electron chi connectivity index (χ2n) is 3.84. The van der Waals surface area contributed by atoms with E-state index in [4.69, 9.17) is 4.42 Å². The molecule has 2 aromatic heterocycles. The van der Waals surface area contributed by atoms with Crippen molar-refractivity contribution in [2.75, 3.05) is 6.54 Å². The lowest BCUT2D eigenvalue weighted by molar-refractivity contribution is 0.0711. The Morgan fingerprint density at radius 3 is 2.94 bits per heavy atom. The largest absolute Gasteiger partial charge is 0.459 e. The first-order chi connectivity index (χ1) is 8.31. The quantitative estimate of drug-likeness (QED) is 0.813. The molecule has 0 fully saturated rings. The molecule has 1 amide bonds. The number of thiophene rings is 1. The van der Waals surface area contributed by atoms with E-state index in [-0.39, 0.29) is 5.91 Å². The molecule has 0 saturated carbocycles. The van der Waals surface area contributed by atoms with E-state index in [1.807, 2.05) is 16.3 Å². The summed E-state index contributed by atoms with van der Waals surface area (Å²) in [6.07, 6.45) is 2.47. The van der Waals surface area contributed by atoms with E-state index in [1.54, 1.807) is 23.5 Å². The maximum atomic E-state index is 12.2. The van der Waals surface area contributed by atoms with Gasteiger partial charge in [-0.3, -0.25) is 4.79 Å². The first kappa shape index (κ1) is 11.9. The molecule has 0 atom stereocenters. The minimum absolute atomic E-state index is 0.0388. The van der Waals surface area contributed by atoms with Gasteiger partial charge in [-0.1, -0.05) is 6.92 Å². The van der Waals surface area contributed by atoms with E-state index in [2.05, 4.69) is 12.3 Å². The molecular formula is C13H15NO2S. The minimum atomic E-state index is -0.0388. The lowest BCUT2D eigenvalue weighted by Crippen LogP contribution is -2.30. The van der Waals surface area contributed by atoms with Crippen LogP contribution in [0.1, 0.15) is 29.5 Å². The first-order valence-corrected chi connectivity index (χ1v) is 6.59. The first-order valence-electron chi connectivity index (χ1n) is 5.65. The zero-order valence-electron chi connectivity index (χ0n) is 9.76. The smallest absolute Gasteiger partial charge is 0.289 e. The zero-order valence-corrected chi connectivity index (χ0v) is 10.6. The summed E-state index contributed by atoms with van der Waals surface area (Å²) in [4.78, 5) is 14.0. The van der Waals surface area contributed by atoms with Crippen LogP contribution in [0.4, 0.5) is 0 Å². The highest BCUT2D eigenvalue weighted by molar-refractivity contribution is 7.07. The van der Waals surface area contributed by atoms with E-state index >= 15 is 0 Å². The van der Waals surface area contributed by atoms with Crippen LogP contribution in [0, 0.1) is 0 Å². The number of amides is 1. The predicted molar refractivity (Wildman–Crippen MR) is 68.1 cm³/mol. The molecule has 0 aliphatic carbocycles. The average molecular weight is 249 g/mol. The topological polar surface area (TPSA) is 33.5 Å². The molecule has 0 radical (unpaired) electrons. The highest BCUT2D eigenvalue weighted by Crippen LogP contribution is 2.13. The second kappa shape index (κ2) is 5.68. The van der Waals surface area contributed by atoms with Crippen molar-refractivity contribution in [1.29, 1.82) is 0 Å². The van der Waals surface area contributed by atoms with Crippen LogP contribution in [0.2, 0.25) is 0 Å². The van der Waals surface area contributed by atoms with Crippen molar-refractivity contribution in [2.24, 2.45) is 0 Å². The third-order valence-corrected chi connectivity index (χ3v) is 3.20. The van der Waals surface area contributed by atoms with Crippen molar-refractivity contribution in [3.05, 3.63) is 46.5 Å². The van der Waals surface area contributed by atoms with Gasteiger partial charge in [0, 0.05) is 13.1 Å². The summed E-state index contributed by atoms with van der Waals surface area (Å²) >= 11 is 1.65. The Labute approximate surface area is 105 Å². The standard InChI is InChI=1S/C13H15NO2S/c1-2-6-14(9-11-5-8-17-10-11)13(15)12-4-3-7-16-12/h3-5,7-8,10H,2,6,9H2,1H3. The summed E-state index contributed by atoms with van der Waals surface area (Å²) in [5.74, 6) is 0.372. The molecule has 0 spiro atoms. The fourth-order valence-electron chi connectivity index (χ4n) is 1.68. The zero-order chi connectivity index (χ0) is 12.1. The van der Waals surface area contributed by atoms with Gasteiger partial charge in [0.05, 0.1) is 6.26 Å². The van der Waals surface area contributed by atoms with Gasteiger partial charge in [-0.25, -0.2) is 0 Å². The SMILES string of the molecule is CCCN(Cc1ccsc1)C(=O)c1ccco1. The number of carbonyl (C=O) groups excluding carboxylic acids is 1. The van der Waals surface area contributed by atoms with Gasteiger partial charge in [0.1, 0.15) is 0 Å². The van der Waals surface area contributed by atoms with Crippen LogP contribution in [-0.4, -0.2) is 17.4 Å². The van der Waals surface area contributed by atoms with Gasteiger partial charge in [0.2, 0.25) is 0 Å². The lowest BCUT2D eigenvalue weighted by atomic mass is 10.2. The summed E-state index contributed by atoms with van der Waals surface area (Å²) in [5, 5.41) is 4.09. The van der Waals surface area contributed by atoms with Crippen LogP contribution in [0.3, 0.4) is 0 Å². The van der Waals surface area contributed by atoms with Crippen LogP contribution < -0.4 is 0 Å². The molecule has 2 aromatic rings. The fraction of sp³-hybridized carbons (Fsp3) is 0.308.